The molecular formula is C16H15ClN4O2S. The summed E-state index contributed by atoms with van der Waals surface area (Å²) in [5, 5.41) is 5.92. The van der Waals surface area contributed by atoms with E-state index in [-0.39, 0.29) is 11.7 Å². The summed E-state index contributed by atoms with van der Waals surface area (Å²) in [6.07, 6.45) is 0. The van der Waals surface area contributed by atoms with E-state index in [0.29, 0.717) is 10.6 Å². The standard InChI is InChI=1S/C16H15ClN4O2S/c17-13-9-5-4-8-12(13)15(23)18-10-14(22)20-21-16(24)19-11-6-2-1-3-7-11/h1-9H,10H2,(H,18,23)(H,20,22)(H2,19,21,24). The smallest absolute Gasteiger partial charge is 0.257 e. The van der Waals surface area contributed by atoms with Gasteiger partial charge in [-0.05, 0) is 36.5 Å². The molecule has 0 atom stereocenters. The van der Waals surface area contributed by atoms with Crippen molar-refractivity contribution in [1.82, 2.24) is 16.2 Å². The van der Waals surface area contributed by atoms with Gasteiger partial charge < -0.3 is 10.6 Å². The molecular weight excluding hydrogens is 348 g/mol. The molecule has 0 unspecified atom stereocenters. The number of hydrazine groups is 1. The molecule has 0 aromatic heterocycles. The molecule has 2 aromatic rings. The van der Waals surface area contributed by atoms with E-state index in [1.807, 2.05) is 30.3 Å². The zero-order valence-corrected chi connectivity index (χ0v) is 14.1. The second-order valence-electron chi connectivity index (χ2n) is 4.66. The number of benzene rings is 2. The number of halogens is 1. The van der Waals surface area contributed by atoms with E-state index in [0.717, 1.165) is 5.69 Å². The SMILES string of the molecule is O=C(CNC(=O)c1ccccc1Cl)NNC(=S)Nc1ccccc1. The van der Waals surface area contributed by atoms with Gasteiger partial charge in [0.2, 0.25) is 0 Å². The topological polar surface area (TPSA) is 82.3 Å². The van der Waals surface area contributed by atoms with Gasteiger partial charge in [-0.1, -0.05) is 41.9 Å². The van der Waals surface area contributed by atoms with Crippen LogP contribution in [0, 0.1) is 0 Å². The van der Waals surface area contributed by atoms with Crippen LogP contribution in [0.2, 0.25) is 5.02 Å². The minimum atomic E-state index is -0.451. The Hall–Kier alpha value is -2.64. The second-order valence-corrected chi connectivity index (χ2v) is 5.47. The van der Waals surface area contributed by atoms with E-state index in [2.05, 4.69) is 21.5 Å². The number of hydrogen-bond donors (Lipinski definition) is 4. The molecule has 0 fully saturated rings. The van der Waals surface area contributed by atoms with E-state index in [4.69, 9.17) is 23.8 Å². The predicted octanol–water partition coefficient (Wildman–Crippen LogP) is 2.09. The summed E-state index contributed by atoms with van der Waals surface area (Å²) in [6.45, 7) is -0.217. The lowest BCUT2D eigenvalue weighted by Gasteiger charge is -2.12. The van der Waals surface area contributed by atoms with Crippen molar-refractivity contribution in [2.75, 3.05) is 11.9 Å². The average Bonchev–Trinajstić information content (AvgIpc) is 2.59. The average molecular weight is 363 g/mol. The fourth-order valence-corrected chi connectivity index (χ4v) is 2.15. The lowest BCUT2D eigenvalue weighted by atomic mass is 10.2. The number of thiocarbonyl (C=S) groups is 1. The van der Waals surface area contributed by atoms with Crippen LogP contribution in [0.1, 0.15) is 10.4 Å². The first-order valence-electron chi connectivity index (χ1n) is 7.00. The van der Waals surface area contributed by atoms with E-state index in [1.54, 1.807) is 24.3 Å². The Labute approximate surface area is 149 Å². The molecule has 0 aliphatic rings. The predicted molar refractivity (Wildman–Crippen MR) is 97.7 cm³/mol. The number of nitrogens with one attached hydrogen (secondary N) is 4. The maximum absolute atomic E-state index is 11.9. The number of rotatable bonds is 4. The van der Waals surface area contributed by atoms with Gasteiger partial charge in [-0.25, -0.2) is 0 Å². The van der Waals surface area contributed by atoms with Crippen LogP contribution in [0.3, 0.4) is 0 Å². The second kappa shape index (κ2) is 8.85. The van der Waals surface area contributed by atoms with Gasteiger partial charge in [-0.2, -0.15) is 0 Å². The van der Waals surface area contributed by atoms with Crippen molar-refractivity contribution >= 4 is 46.4 Å². The minimum Gasteiger partial charge on any atom is -0.343 e. The van der Waals surface area contributed by atoms with Crippen molar-refractivity contribution in [3.63, 3.8) is 0 Å². The molecule has 0 spiro atoms. The summed E-state index contributed by atoms with van der Waals surface area (Å²) in [4.78, 5) is 23.6. The van der Waals surface area contributed by atoms with Crippen LogP contribution in [0.5, 0.6) is 0 Å². The summed E-state index contributed by atoms with van der Waals surface area (Å²) in [5.74, 6) is -0.881. The Morgan fingerprint density at radius 1 is 0.958 bits per heavy atom. The maximum Gasteiger partial charge on any atom is 0.257 e. The Bertz CT molecular complexity index is 740. The van der Waals surface area contributed by atoms with Crippen molar-refractivity contribution in [3.05, 3.63) is 65.2 Å². The highest BCUT2D eigenvalue weighted by Gasteiger charge is 2.10. The van der Waals surface area contributed by atoms with E-state index < -0.39 is 11.8 Å². The lowest BCUT2D eigenvalue weighted by Crippen LogP contribution is -2.47. The molecule has 0 heterocycles. The first-order valence-corrected chi connectivity index (χ1v) is 7.78. The van der Waals surface area contributed by atoms with Crippen molar-refractivity contribution in [3.8, 4) is 0 Å². The summed E-state index contributed by atoms with van der Waals surface area (Å²) >= 11 is 11.0. The highest BCUT2D eigenvalue weighted by molar-refractivity contribution is 7.80. The third kappa shape index (κ3) is 5.53. The molecule has 6 nitrogen and oxygen atoms in total. The van der Waals surface area contributed by atoms with Gasteiger partial charge in [0, 0.05) is 5.69 Å². The Morgan fingerprint density at radius 3 is 2.33 bits per heavy atom. The summed E-state index contributed by atoms with van der Waals surface area (Å²) in [5.41, 5.74) is 6.03. The van der Waals surface area contributed by atoms with Crippen LogP contribution in [0.25, 0.3) is 0 Å². The van der Waals surface area contributed by atoms with Crippen molar-refractivity contribution in [2.24, 2.45) is 0 Å². The Kier molecular flexibility index (Phi) is 6.53. The number of carbonyl (C=O) groups is 2. The fraction of sp³-hybridized carbons (Fsp3) is 0.0625. The lowest BCUT2D eigenvalue weighted by molar-refractivity contribution is -0.120. The monoisotopic (exact) mass is 362 g/mol. The van der Waals surface area contributed by atoms with Crippen molar-refractivity contribution < 1.29 is 9.59 Å². The molecule has 8 heteroatoms. The molecule has 0 aliphatic carbocycles. The molecule has 24 heavy (non-hydrogen) atoms. The van der Waals surface area contributed by atoms with Gasteiger partial charge in [0.1, 0.15) is 0 Å². The van der Waals surface area contributed by atoms with E-state index >= 15 is 0 Å². The molecule has 2 rings (SSSR count). The quantitative estimate of drug-likeness (QED) is 0.494. The molecule has 0 saturated carbocycles. The fourth-order valence-electron chi connectivity index (χ4n) is 1.76. The molecule has 0 bridgehead atoms. The number of hydrogen-bond acceptors (Lipinski definition) is 3. The van der Waals surface area contributed by atoms with Crippen LogP contribution in [0.4, 0.5) is 5.69 Å². The van der Waals surface area contributed by atoms with E-state index in [1.165, 1.54) is 0 Å². The highest BCUT2D eigenvalue weighted by Crippen LogP contribution is 2.14. The first kappa shape index (κ1) is 17.7. The Balaban J connectivity index is 1.72. The Morgan fingerprint density at radius 2 is 1.62 bits per heavy atom. The zero-order chi connectivity index (χ0) is 17.4. The van der Waals surface area contributed by atoms with E-state index in [9.17, 15) is 9.59 Å². The maximum atomic E-state index is 11.9. The van der Waals surface area contributed by atoms with Crippen LogP contribution in [-0.2, 0) is 4.79 Å². The van der Waals surface area contributed by atoms with Crippen LogP contribution in [0.15, 0.2) is 54.6 Å². The van der Waals surface area contributed by atoms with Crippen molar-refractivity contribution in [2.45, 2.75) is 0 Å². The molecule has 2 amide bonds. The van der Waals surface area contributed by atoms with Gasteiger partial charge >= 0.3 is 0 Å². The first-order chi connectivity index (χ1) is 11.6. The highest BCUT2D eigenvalue weighted by atomic mass is 35.5. The van der Waals surface area contributed by atoms with Gasteiger partial charge in [0.25, 0.3) is 11.8 Å². The third-order valence-electron chi connectivity index (χ3n) is 2.88. The summed E-state index contributed by atoms with van der Waals surface area (Å²) in [6, 6.07) is 15.8. The summed E-state index contributed by atoms with van der Waals surface area (Å²) in [7, 11) is 0. The number of para-hydroxylation sites is 1. The summed E-state index contributed by atoms with van der Waals surface area (Å²) < 4.78 is 0. The molecule has 0 saturated heterocycles. The van der Waals surface area contributed by atoms with Gasteiger partial charge in [-0.15, -0.1) is 0 Å². The molecule has 2 aromatic carbocycles. The van der Waals surface area contributed by atoms with Crippen molar-refractivity contribution in [1.29, 1.82) is 0 Å². The normalized spacial score (nSPS) is 9.71. The van der Waals surface area contributed by atoms with Crippen LogP contribution < -0.4 is 21.5 Å². The molecule has 124 valence electrons. The number of anilines is 1. The number of amides is 2. The minimum absolute atomic E-state index is 0.217. The number of carbonyl (C=O) groups excluding carboxylic acids is 2. The molecule has 4 N–H and O–H groups in total. The third-order valence-corrected chi connectivity index (χ3v) is 3.41. The van der Waals surface area contributed by atoms with Gasteiger partial charge in [0.05, 0.1) is 17.1 Å². The molecule has 0 radical (unpaired) electrons. The van der Waals surface area contributed by atoms with Gasteiger partial charge in [0.15, 0.2) is 5.11 Å². The zero-order valence-electron chi connectivity index (χ0n) is 12.5. The van der Waals surface area contributed by atoms with Crippen LogP contribution >= 0.6 is 23.8 Å². The largest absolute Gasteiger partial charge is 0.343 e. The van der Waals surface area contributed by atoms with Crippen LogP contribution in [-0.4, -0.2) is 23.5 Å². The van der Waals surface area contributed by atoms with Gasteiger partial charge in [-0.3, -0.25) is 20.4 Å². The molecule has 0 aliphatic heterocycles.